The molecule has 0 aliphatic rings. The van der Waals surface area contributed by atoms with E-state index in [1.54, 1.807) is 24.3 Å². The predicted octanol–water partition coefficient (Wildman–Crippen LogP) is 3.05. The lowest BCUT2D eigenvalue weighted by atomic mass is 10.1. The Hall–Kier alpha value is -2.53. The first-order valence-electron chi connectivity index (χ1n) is 8.02. The molecule has 0 saturated carbocycles. The lowest BCUT2D eigenvalue weighted by Crippen LogP contribution is -2.15. The van der Waals surface area contributed by atoms with Crippen molar-refractivity contribution in [1.29, 1.82) is 0 Å². The van der Waals surface area contributed by atoms with E-state index in [-0.39, 0.29) is 5.91 Å². The summed E-state index contributed by atoms with van der Waals surface area (Å²) in [5.74, 6) is 1.47. The van der Waals surface area contributed by atoms with Crippen molar-refractivity contribution in [1.82, 2.24) is 0 Å². The summed E-state index contributed by atoms with van der Waals surface area (Å²) in [5.41, 5.74) is 8.39. The lowest BCUT2D eigenvalue weighted by molar-refractivity contribution is -0.116. The summed E-state index contributed by atoms with van der Waals surface area (Å²) >= 11 is 0. The summed E-state index contributed by atoms with van der Waals surface area (Å²) in [4.78, 5) is 12.0. The second-order valence-electron chi connectivity index (χ2n) is 5.51. The van der Waals surface area contributed by atoms with Gasteiger partial charge in [-0.05, 0) is 55.3 Å². The van der Waals surface area contributed by atoms with Crippen molar-refractivity contribution in [2.24, 2.45) is 5.73 Å². The number of hydrogen-bond donors (Lipinski definition) is 2. The molecule has 0 unspecified atom stereocenters. The van der Waals surface area contributed by atoms with Gasteiger partial charge in [-0.1, -0.05) is 12.1 Å². The molecule has 2 rings (SSSR count). The molecule has 0 aromatic heterocycles. The first kappa shape index (κ1) is 17.8. The molecule has 0 fully saturated rings. The van der Waals surface area contributed by atoms with Crippen LogP contribution in [0.3, 0.4) is 0 Å². The highest BCUT2D eigenvalue weighted by atomic mass is 16.5. The van der Waals surface area contributed by atoms with E-state index in [4.69, 9.17) is 15.2 Å². The van der Waals surface area contributed by atoms with Gasteiger partial charge in [0, 0.05) is 12.2 Å². The molecule has 3 N–H and O–H groups in total. The van der Waals surface area contributed by atoms with Crippen LogP contribution in [0.5, 0.6) is 11.5 Å². The number of nitrogens with one attached hydrogen (secondary N) is 1. The number of ether oxygens (including phenoxy) is 2. The van der Waals surface area contributed by atoms with Crippen molar-refractivity contribution in [2.45, 2.75) is 20.3 Å². The number of amides is 1. The molecule has 1 amide bonds. The van der Waals surface area contributed by atoms with Gasteiger partial charge in [0.1, 0.15) is 18.1 Å². The summed E-state index contributed by atoms with van der Waals surface area (Å²) in [5, 5.41) is 2.84. The Labute approximate surface area is 142 Å². The zero-order chi connectivity index (χ0) is 17.4. The van der Waals surface area contributed by atoms with Gasteiger partial charge in [-0.2, -0.15) is 0 Å². The number of aryl methyl sites for hydroxylation is 1. The molecule has 0 heterocycles. The van der Waals surface area contributed by atoms with Gasteiger partial charge in [-0.15, -0.1) is 0 Å². The minimum atomic E-state index is -0.0871. The molecule has 2 aromatic rings. The third-order valence-electron chi connectivity index (χ3n) is 3.67. The number of benzene rings is 2. The van der Waals surface area contributed by atoms with Crippen LogP contribution in [0.25, 0.3) is 0 Å². The zero-order valence-electron chi connectivity index (χ0n) is 14.2. The van der Waals surface area contributed by atoms with Gasteiger partial charge in [0.05, 0.1) is 13.0 Å². The molecular weight excluding hydrogens is 304 g/mol. The van der Waals surface area contributed by atoms with Crippen molar-refractivity contribution in [2.75, 3.05) is 25.1 Å². The van der Waals surface area contributed by atoms with Gasteiger partial charge < -0.3 is 20.5 Å². The molecule has 24 heavy (non-hydrogen) atoms. The van der Waals surface area contributed by atoms with Crippen molar-refractivity contribution >= 4 is 11.6 Å². The lowest BCUT2D eigenvalue weighted by Gasteiger charge is -2.11. The highest BCUT2D eigenvalue weighted by Gasteiger charge is 2.05. The highest BCUT2D eigenvalue weighted by Crippen LogP contribution is 2.20. The number of carbonyl (C=O) groups excluding carboxylic acids is 1. The Morgan fingerprint density at radius 1 is 1.04 bits per heavy atom. The molecule has 5 nitrogen and oxygen atoms in total. The first-order valence-corrected chi connectivity index (χ1v) is 8.02. The molecule has 0 radical (unpaired) electrons. The standard InChI is InChI=1S/C19H24N2O3/c1-14-4-3-5-18(15(14)2)24-12-10-19(22)21-16-6-8-17(9-7-16)23-13-11-20/h3-9H,10-13,20H2,1-2H3,(H,21,22). The molecule has 5 heteroatoms. The Kier molecular flexibility index (Phi) is 6.63. The minimum Gasteiger partial charge on any atom is -0.493 e. The fourth-order valence-corrected chi connectivity index (χ4v) is 2.17. The van der Waals surface area contributed by atoms with Crippen LogP contribution in [-0.2, 0) is 4.79 Å². The van der Waals surface area contributed by atoms with Crippen LogP contribution in [0.2, 0.25) is 0 Å². The first-order chi connectivity index (χ1) is 11.6. The normalized spacial score (nSPS) is 10.3. The average Bonchev–Trinajstić information content (AvgIpc) is 2.58. The molecule has 0 atom stereocenters. The van der Waals surface area contributed by atoms with E-state index < -0.39 is 0 Å². The van der Waals surface area contributed by atoms with Gasteiger partial charge in [0.25, 0.3) is 0 Å². The SMILES string of the molecule is Cc1cccc(OCCC(=O)Nc2ccc(OCCN)cc2)c1C. The van der Waals surface area contributed by atoms with Crippen LogP contribution in [0.4, 0.5) is 5.69 Å². The highest BCUT2D eigenvalue weighted by molar-refractivity contribution is 5.90. The van der Waals surface area contributed by atoms with Crippen LogP contribution in [0.1, 0.15) is 17.5 Å². The molecule has 0 aliphatic heterocycles. The van der Waals surface area contributed by atoms with Crippen molar-refractivity contribution in [3.05, 3.63) is 53.6 Å². The number of carbonyl (C=O) groups is 1. The zero-order valence-corrected chi connectivity index (χ0v) is 14.2. The third-order valence-corrected chi connectivity index (χ3v) is 3.67. The van der Waals surface area contributed by atoms with Crippen molar-refractivity contribution < 1.29 is 14.3 Å². The molecule has 2 aromatic carbocycles. The number of nitrogens with two attached hydrogens (primary N) is 1. The van der Waals surface area contributed by atoms with Crippen molar-refractivity contribution in [3.8, 4) is 11.5 Å². The Bertz CT molecular complexity index is 669. The van der Waals surface area contributed by atoms with E-state index in [2.05, 4.69) is 5.32 Å². The number of rotatable bonds is 8. The fourth-order valence-electron chi connectivity index (χ4n) is 2.17. The summed E-state index contributed by atoms with van der Waals surface area (Å²) in [6.45, 7) is 5.34. The van der Waals surface area contributed by atoms with E-state index in [9.17, 15) is 4.79 Å². The maximum absolute atomic E-state index is 12.0. The topological polar surface area (TPSA) is 73.6 Å². The van der Waals surface area contributed by atoms with Crippen LogP contribution in [0.15, 0.2) is 42.5 Å². The molecular formula is C19H24N2O3. The average molecular weight is 328 g/mol. The molecule has 128 valence electrons. The Morgan fingerprint density at radius 3 is 2.50 bits per heavy atom. The largest absolute Gasteiger partial charge is 0.493 e. The third kappa shape index (κ3) is 5.28. The van der Waals surface area contributed by atoms with E-state index in [0.29, 0.717) is 26.2 Å². The number of anilines is 1. The van der Waals surface area contributed by atoms with Gasteiger partial charge in [-0.3, -0.25) is 4.79 Å². The van der Waals surface area contributed by atoms with E-state index in [1.807, 2.05) is 32.0 Å². The maximum atomic E-state index is 12.0. The van der Waals surface area contributed by atoms with E-state index in [0.717, 1.165) is 22.7 Å². The number of hydrogen-bond acceptors (Lipinski definition) is 4. The van der Waals surface area contributed by atoms with E-state index in [1.165, 1.54) is 5.56 Å². The van der Waals surface area contributed by atoms with Crippen LogP contribution in [0, 0.1) is 13.8 Å². The quantitative estimate of drug-likeness (QED) is 0.781. The van der Waals surface area contributed by atoms with Crippen LogP contribution < -0.4 is 20.5 Å². The van der Waals surface area contributed by atoms with Crippen LogP contribution in [-0.4, -0.2) is 25.7 Å². The monoisotopic (exact) mass is 328 g/mol. The smallest absolute Gasteiger partial charge is 0.227 e. The van der Waals surface area contributed by atoms with E-state index >= 15 is 0 Å². The molecule has 0 bridgehead atoms. The second-order valence-corrected chi connectivity index (χ2v) is 5.51. The fraction of sp³-hybridized carbons (Fsp3) is 0.316. The van der Waals surface area contributed by atoms with Gasteiger partial charge in [-0.25, -0.2) is 0 Å². The Morgan fingerprint density at radius 2 is 1.79 bits per heavy atom. The molecule has 0 spiro atoms. The van der Waals surface area contributed by atoms with Crippen molar-refractivity contribution in [3.63, 3.8) is 0 Å². The summed E-state index contributed by atoms with van der Waals surface area (Å²) < 4.78 is 11.1. The molecule has 0 aliphatic carbocycles. The maximum Gasteiger partial charge on any atom is 0.227 e. The molecule has 0 saturated heterocycles. The minimum absolute atomic E-state index is 0.0871. The van der Waals surface area contributed by atoms with Gasteiger partial charge in [0.15, 0.2) is 0 Å². The predicted molar refractivity (Wildman–Crippen MR) is 95.6 cm³/mol. The van der Waals surface area contributed by atoms with Crippen LogP contribution >= 0.6 is 0 Å². The summed E-state index contributed by atoms with van der Waals surface area (Å²) in [6, 6.07) is 13.1. The summed E-state index contributed by atoms with van der Waals surface area (Å²) in [7, 11) is 0. The second kappa shape index (κ2) is 8.93. The Balaban J connectivity index is 1.78. The van der Waals surface area contributed by atoms with Gasteiger partial charge in [0.2, 0.25) is 5.91 Å². The summed E-state index contributed by atoms with van der Waals surface area (Å²) in [6.07, 6.45) is 0.290. The van der Waals surface area contributed by atoms with Gasteiger partial charge >= 0.3 is 0 Å².